The molecule has 140 valence electrons. The Morgan fingerprint density at radius 2 is 2.12 bits per heavy atom. The van der Waals surface area contributed by atoms with Gasteiger partial charge in [-0.05, 0) is 25.0 Å². The zero-order chi connectivity index (χ0) is 16.8. The first-order valence-electron chi connectivity index (χ1n) is 8.76. The van der Waals surface area contributed by atoms with Crippen LogP contribution in [-0.4, -0.2) is 70.5 Å². The molecule has 1 aromatic carbocycles. The average molecular weight is 460 g/mol. The van der Waals surface area contributed by atoms with Gasteiger partial charge in [-0.3, -0.25) is 4.99 Å². The Hall–Kier alpha value is -1.22. The van der Waals surface area contributed by atoms with E-state index in [-0.39, 0.29) is 24.0 Å². The maximum Gasteiger partial charge on any atom is 0.193 e. The van der Waals surface area contributed by atoms with Crippen LogP contribution in [0.4, 0.5) is 5.69 Å². The molecule has 2 aliphatic heterocycles. The van der Waals surface area contributed by atoms with Crippen LogP contribution in [0.5, 0.6) is 5.75 Å². The predicted octanol–water partition coefficient (Wildman–Crippen LogP) is 2.19. The van der Waals surface area contributed by atoms with E-state index in [4.69, 9.17) is 9.47 Å². The van der Waals surface area contributed by atoms with Crippen LogP contribution in [0.2, 0.25) is 0 Å². The van der Waals surface area contributed by atoms with Gasteiger partial charge in [0.15, 0.2) is 5.96 Å². The second kappa shape index (κ2) is 10.1. The van der Waals surface area contributed by atoms with Gasteiger partial charge < -0.3 is 24.6 Å². The number of nitrogens with zero attached hydrogens (tertiary/aromatic N) is 3. The lowest BCUT2D eigenvalue weighted by molar-refractivity contribution is 0.113. The number of methoxy groups -OCH3 is 1. The summed E-state index contributed by atoms with van der Waals surface area (Å²) in [5.74, 6) is 1.89. The summed E-state index contributed by atoms with van der Waals surface area (Å²) in [4.78, 5) is 9.16. The fraction of sp³-hybridized carbons (Fsp3) is 0.611. The van der Waals surface area contributed by atoms with E-state index in [1.165, 1.54) is 12.1 Å². The van der Waals surface area contributed by atoms with Gasteiger partial charge in [-0.25, -0.2) is 0 Å². The number of benzene rings is 1. The Kier molecular flexibility index (Phi) is 8.08. The first-order valence-corrected chi connectivity index (χ1v) is 8.76. The molecular weight excluding hydrogens is 431 g/mol. The van der Waals surface area contributed by atoms with Crippen molar-refractivity contribution in [3.05, 3.63) is 24.3 Å². The van der Waals surface area contributed by atoms with E-state index >= 15 is 0 Å². The Bertz CT molecular complexity index is 556. The molecule has 1 aromatic rings. The minimum atomic E-state index is 0. The summed E-state index contributed by atoms with van der Waals surface area (Å²) in [6, 6.07) is 8.27. The molecule has 0 aromatic heterocycles. The zero-order valence-corrected chi connectivity index (χ0v) is 17.4. The first kappa shape index (κ1) is 20.1. The van der Waals surface area contributed by atoms with E-state index in [0.717, 1.165) is 57.5 Å². The maximum atomic E-state index is 5.68. The molecule has 2 saturated heterocycles. The van der Waals surface area contributed by atoms with Gasteiger partial charge >= 0.3 is 0 Å². The lowest BCUT2D eigenvalue weighted by atomic mass is 10.2. The lowest BCUT2D eigenvalue weighted by Gasteiger charge is -2.38. The smallest absolute Gasteiger partial charge is 0.193 e. The summed E-state index contributed by atoms with van der Waals surface area (Å²) in [5.41, 5.74) is 1.22. The monoisotopic (exact) mass is 460 g/mol. The topological polar surface area (TPSA) is 49.3 Å². The molecule has 25 heavy (non-hydrogen) atoms. The second-order valence-corrected chi connectivity index (χ2v) is 6.24. The van der Waals surface area contributed by atoms with Gasteiger partial charge in [0.1, 0.15) is 5.75 Å². The standard InChI is InChI=1S/C18H28N4O2.HI/c1-19-18(20-14-17-7-4-12-24-17)22-10-8-21(9-11-22)15-5-3-6-16(13-15)23-2;/h3,5-6,13,17H,4,7-12,14H2,1-2H3,(H,19,20);1H. The molecule has 0 amide bonds. The SMILES string of the molecule is CN=C(NCC1CCCO1)N1CCN(c2cccc(OC)c2)CC1.I. The highest BCUT2D eigenvalue weighted by atomic mass is 127. The highest BCUT2D eigenvalue weighted by Crippen LogP contribution is 2.22. The van der Waals surface area contributed by atoms with Crippen molar-refractivity contribution in [2.24, 2.45) is 4.99 Å². The quantitative estimate of drug-likeness (QED) is 0.424. The summed E-state index contributed by atoms with van der Waals surface area (Å²) in [7, 11) is 3.56. The molecule has 3 rings (SSSR count). The number of nitrogens with one attached hydrogen (secondary N) is 1. The number of piperazine rings is 1. The van der Waals surface area contributed by atoms with Crippen molar-refractivity contribution in [3.63, 3.8) is 0 Å². The molecule has 0 aliphatic carbocycles. The molecule has 1 atom stereocenters. The van der Waals surface area contributed by atoms with Crippen LogP contribution in [0.25, 0.3) is 0 Å². The molecule has 2 aliphatic rings. The number of halogens is 1. The minimum absolute atomic E-state index is 0. The van der Waals surface area contributed by atoms with Gasteiger partial charge in [0.2, 0.25) is 0 Å². The lowest BCUT2D eigenvalue weighted by Crippen LogP contribution is -2.53. The Labute approximate surface area is 167 Å². The average Bonchev–Trinajstić information content (AvgIpc) is 3.16. The fourth-order valence-corrected chi connectivity index (χ4v) is 3.33. The van der Waals surface area contributed by atoms with Crippen LogP contribution in [0, 0.1) is 0 Å². The molecule has 0 spiro atoms. The summed E-state index contributed by atoms with van der Waals surface area (Å²) in [6.07, 6.45) is 2.65. The van der Waals surface area contributed by atoms with Gasteiger partial charge in [-0.15, -0.1) is 24.0 Å². The van der Waals surface area contributed by atoms with Crippen LogP contribution in [-0.2, 0) is 4.74 Å². The number of rotatable bonds is 4. The maximum absolute atomic E-state index is 5.68. The van der Waals surface area contributed by atoms with Crippen LogP contribution in [0.15, 0.2) is 29.3 Å². The summed E-state index contributed by atoms with van der Waals surface area (Å²) >= 11 is 0. The Morgan fingerprint density at radius 1 is 1.32 bits per heavy atom. The van der Waals surface area contributed by atoms with Crippen LogP contribution < -0.4 is 15.0 Å². The third-order valence-electron chi connectivity index (χ3n) is 4.72. The van der Waals surface area contributed by atoms with Crippen molar-refractivity contribution in [2.75, 3.05) is 58.4 Å². The van der Waals surface area contributed by atoms with E-state index in [9.17, 15) is 0 Å². The first-order chi connectivity index (χ1) is 11.8. The molecule has 2 heterocycles. The predicted molar refractivity (Wildman–Crippen MR) is 113 cm³/mol. The highest BCUT2D eigenvalue weighted by Gasteiger charge is 2.21. The molecule has 1 unspecified atom stereocenters. The van der Waals surface area contributed by atoms with Gasteiger partial charge in [0.25, 0.3) is 0 Å². The van der Waals surface area contributed by atoms with Crippen LogP contribution in [0.3, 0.4) is 0 Å². The zero-order valence-electron chi connectivity index (χ0n) is 15.1. The summed E-state index contributed by atoms with van der Waals surface area (Å²) < 4.78 is 11.0. The van der Waals surface area contributed by atoms with Crippen molar-refractivity contribution in [1.29, 1.82) is 0 Å². The van der Waals surface area contributed by atoms with Gasteiger partial charge in [0, 0.05) is 58.1 Å². The highest BCUT2D eigenvalue weighted by molar-refractivity contribution is 14.0. The molecule has 0 saturated carbocycles. The van der Waals surface area contributed by atoms with Crippen LogP contribution in [0.1, 0.15) is 12.8 Å². The molecule has 1 N–H and O–H groups in total. The van der Waals surface area contributed by atoms with E-state index < -0.39 is 0 Å². The number of aliphatic imine (C=N–C) groups is 1. The van der Waals surface area contributed by atoms with Crippen molar-refractivity contribution in [3.8, 4) is 5.75 Å². The number of hydrogen-bond acceptors (Lipinski definition) is 4. The van der Waals surface area contributed by atoms with Crippen molar-refractivity contribution in [1.82, 2.24) is 10.2 Å². The molecule has 0 bridgehead atoms. The van der Waals surface area contributed by atoms with E-state index in [1.807, 2.05) is 19.2 Å². The molecular formula is C18H29IN4O2. The Morgan fingerprint density at radius 3 is 2.76 bits per heavy atom. The normalized spacial score (nSPS) is 21.0. The van der Waals surface area contributed by atoms with Crippen molar-refractivity contribution in [2.45, 2.75) is 18.9 Å². The summed E-state index contributed by atoms with van der Waals surface area (Å²) in [6.45, 7) is 5.62. The molecule has 7 heteroatoms. The van der Waals surface area contributed by atoms with E-state index in [1.54, 1.807) is 7.11 Å². The summed E-state index contributed by atoms with van der Waals surface area (Å²) in [5, 5.41) is 3.47. The third kappa shape index (κ3) is 5.37. The van der Waals surface area contributed by atoms with Gasteiger partial charge in [-0.2, -0.15) is 0 Å². The fourth-order valence-electron chi connectivity index (χ4n) is 3.33. The Balaban J connectivity index is 0.00000225. The van der Waals surface area contributed by atoms with Crippen LogP contribution >= 0.6 is 24.0 Å². The van der Waals surface area contributed by atoms with E-state index in [0.29, 0.717) is 6.10 Å². The minimum Gasteiger partial charge on any atom is -0.497 e. The largest absolute Gasteiger partial charge is 0.497 e. The third-order valence-corrected chi connectivity index (χ3v) is 4.72. The molecule has 2 fully saturated rings. The molecule has 6 nitrogen and oxygen atoms in total. The number of hydrogen-bond donors (Lipinski definition) is 1. The number of anilines is 1. The number of guanidine groups is 1. The van der Waals surface area contributed by atoms with Crippen molar-refractivity contribution >= 4 is 35.6 Å². The van der Waals surface area contributed by atoms with Gasteiger partial charge in [0.05, 0.1) is 13.2 Å². The van der Waals surface area contributed by atoms with Crippen molar-refractivity contribution < 1.29 is 9.47 Å². The molecule has 0 radical (unpaired) electrons. The number of ether oxygens (including phenoxy) is 2. The second-order valence-electron chi connectivity index (χ2n) is 6.24. The van der Waals surface area contributed by atoms with E-state index in [2.05, 4.69) is 32.2 Å². The van der Waals surface area contributed by atoms with Gasteiger partial charge in [-0.1, -0.05) is 6.07 Å².